The first-order valence-corrected chi connectivity index (χ1v) is 6.77. The average Bonchev–Trinajstić information content (AvgIpc) is 3.13. The minimum absolute atomic E-state index is 0.235. The number of thiophene rings is 1. The van der Waals surface area contributed by atoms with E-state index in [4.69, 9.17) is 10.6 Å². The molecule has 20 heavy (non-hydrogen) atoms. The van der Waals surface area contributed by atoms with E-state index in [1.54, 1.807) is 24.3 Å². The van der Waals surface area contributed by atoms with Gasteiger partial charge in [0.05, 0.1) is 11.1 Å². The molecule has 7 nitrogen and oxygen atoms in total. The molecule has 1 unspecified atom stereocenters. The predicted molar refractivity (Wildman–Crippen MR) is 74.7 cm³/mol. The summed E-state index contributed by atoms with van der Waals surface area (Å²) in [6.45, 7) is 1.78. The third kappa shape index (κ3) is 1.86. The lowest BCUT2D eigenvalue weighted by Gasteiger charge is -2.38. The van der Waals surface area contributed by atoms with Crippen molar-refractivity contribution in [3.05, 3.63) is 46.6 Å². The van der Waals surface area contributed by atoms with Crippen LogP contribution >= 0.6 is 11.3 Å². The third-order valence-electron chi connectivity index (χ3n) is 3.01. The lowest BCUT2D eigenvalue weighted by atomic mass is 10.1. The van der Waals surface area contributed by atoms with Crippen LogP contribution in [0.25, 0.3) is 0 Å². The van der Waals surface area contributed by atoms with Gasteiger partial charge in [0.15, 0.2) is 0 Å². The first-order valence-electron chi connectivity index (χ1n) is 5.89. The lowest BCUT2D eigenvalue weighted by molar-refractivity contribution is -0.112. The molecular weight excluding hydrogens is 278 g/mol. The van der Waals surface area contributed by atoms with E-state index in [2.05, 4.69) is 15.9 Å². The van der Waals surface area contributed by atoms with Gasteiger partial charge in [0, 0.05) is 6.20 Å². The largest absolute Gasteiger partial charge is 0.395 e. The number of carbonyl (C=O) groups is 1. The van der Waals surface area contributed by atoms with Crippen molar-refractivity contribution in [3.63, 3.8) is 0 Å². The van der Waals surface area contributed by atoms with E-state index in [0.29, 0.717) is 5.57 Å². The molecule has 2 aliphatic heterocycles. The van der Waals surface area contributed by atoms with Crippen LogP contribution in [-0.2, 0) is 15.4 Å². The summed E-state index contributed by atoms with van der Waals surface area (Å²) in [4.78, 5) is 22.0. The Hall–Kier alpha value is -2.32. The number of carbonyl (C=O) groups excluding carboxylic acids is 1. The fraction of sp³-hybridized carbons (Fsp3) is 0.167. The molecule has 2 aliphatic rings. The molecule has 0 saturated carbocycles. The van der Waals surface area contributed by atoms with Gasteiger partial charge in [-0.05, 0) is 23.9 Å². The summed E-state index contributed by atoms with van der Waals surface area (Å²) in [5.74, 6) is -1.56. The molecule has 1 amide bonds. The van der Waals surface area contributed by atoms with Crippen LogP contribution < -0.4 is 16.6 Å². The Bertz CT molecular complexity index is 622. The van der Waals surface area contributed by atoms with Crippen LogP contribution in [0.1, 0.15) is 11.8 Å². The van der Waals surface area contributed by atoms with E-state index in [1.807, 2.05) is 17.5 Å². The van der Waals surface area contributed by atoms with Gasteiger partial charge in [-0.1, -0.05) is 11.7 Å². The highest BCUT2D eigenvalue weighted by Gasteiger charge is 2.42. The molecule has 3 heterocycles. The predicted octanol–water partition coefficient (Wildman–Crippen LogP) is 0.515. The second kappa shape index (κ2) is 4.66. The molecule has 1 aromatic rings. The van der Waals surface area contributed by atoms with Crippen LogP contribution in [0.15, 0.2) is 46.7 Å². The number of nitrogens with one attached hydrogen (secondary N) is 2. The highest BCUT2D eigenvalue weighted by atomic mass is 32.1. The molecule has 0 aromatic carbocycles. The maximum atomic E-state index is 11.6. The summed E-state index contributed by atoms with van der Waals surface area (Å²) in [6, 6.07) is 3.83. The highest BCUT2D eigenvalue weighted by molar-refractivity contribution is 7.10. The van der Waals surface area contributed by atoms with E-state index in [9.17, 15) is 4.79 Å². The maximum absolute atomic E-state index is 11.6. The molecule has 0 spiro atoms. The topological polar surface area (TPSA) is 92.0 Å². The maximum Gasteiger partial charge on any atom is 0.267 e. The molecule has 4 N–H and O–H groups in total. The van der Waals surface area contributed by atoms with Gasteiger partial charge in [-0.3, -0.25) is 4.79 Å². The minimum Gasteiger partial charge on any atom is -0.395 e. The Morgan fingerprint density at radius 2 is 2.45 bits per heavy atom. The first-order chi connectivity index (χ1) is 9.63. The number of primary amides is 1. The number of hydrogen-bond acceptors (Lipinski definition) is 7. The zero-order chi connectivity index (χ0) is 14.2. The molecule has 1 atom stereocenters. The van der Waals surface area contributed by atoms with E-state index in [-0.39, 0.29) is 5.71 Å². The number of amides is 1. The van der Waals surface area contributed by atoms with Gasteiger partial charge >= 0.3 is 0 Å². The molecule has 1 aromatic heterocycles. The molecule has 3 rings (SSSR count). The Labute approximate surface area is 119 Å². The van der Waals surface area contributed by atoms with E-state index in [0.717, 1.165) is 4.88 Å². The summed E-state index contributed by atoms with van der Waals surface area (Å²) >= 11 is 1.51. The summed E-state index contributed by atoms with van der Waals surface area (Å²) < 4.78 is 0. The van der Waals surface area contributed by atoms with E-state index >= 15 is 0 Å². The molecule has 0 bridgehead atoms. The van der Waals surface area contributed by atoms with Crippen LogP contribution in [0.3, 0.4) is 0 Å². The summed E-state index contributed by atoms with van der Waals surface area (Å²) in [6.07, 6.45) is 4.89. The minimum atomic E-state index is -0.995. The Balaban J connectivity index is 2.13. The lowest BCUT2D eigenvalue weighted by Crippen LogP contribution is -2.56. The van der Waals surface area contributed by atoms with Gasteiger partial charge in [-0.2, -0.15) is 0 Å². The summed E-state index contributed by atoms with van der Waals surface area (Å²) in [5.41, 5.74) is 9.04. The van der Waals surface area contributed by atoms with Gasteiger partial charge in [0.25, 0.3) is 11.7 Å². The second-order valence-corrected chi connectivity index (χ2v) is 5.26. The van der Waals surface area contributed by atoms with Crippen molar-refractivity contribution in [2.24, 2.45) is 10.7 Å². The van der Waals surface area contributed by atoms with Crippen molar-refractivity contribution in [3.8, 4) is 0 Å². The average molecular weight is 291 g/mol. The zero-order valence-electron chi connectivity index (χ0n) is 10.7. The smallest absolute Gasteiger partial charge is 0.267 e. The van der Waals surface area contributed by atoms with Crippen molar-refractivity contribution in [2.75, 3.05) is 0 Å². The Kier molecular flexibility index (Phi) is 2.96. The standard InChI is InChI=1S/C12H13N5O2S/c1-8-7-14-12(9-3-2-6-20-9,15-10(8)11(13)18)17-4-5-19-16-17/h2-7,14,16H,1H3,(H2,13,18). The second-order valence-electron chi connectivity index (χ2n) is 4.31. The monoisotopic (exact) mass is 291 g/mol. The van der Waals surface area contributed by atoms with Gasteiger partial charge < -0.3 is 15.9 Å². The van der Waals surface area contributed by atoms with Crippen LogP contribution in [-0.4, -0.2) is 16.6 Å². The fourth-order valence-electron chi connectivity index (χ4n) is 2.04. The molecular formula is C12H13N5O2S. The number of hydrogen-bond donors (Lipinski definition) is 3. The van der Waals surface area contributed by atoms with Crippen molar-refractivity contribution in [1.82, 2.24) is 15.9 Å². The van der Waals surface area contributed by atoms with Gasteiger partial charge in [0.1, 0.15) is 12.0 Å². The van der Waals surface area contributed by atoms with Gasteiger partial charge in [-0.25, -0.2) is 10.0 Å². The first kappa shape index (κ1) is 12.7. The van der Waals surface area contributed by atoms with Crippen LogP contribution in [0.5, 0.6) is 0 Å². The van der Waals surface area contributed by atoms with E-state index in [1.165, 1.54) is 17.6 Å². The van der Waals surface area contributed by atoms with Crippen LogP contribution in [0.4, 0.5) is 0 Å². The molecule has 0 fully saturated rings. The zero-order valence-corrected chi connectivity index (χ0v) is 11.5. The number of hydrazine groups is 1. The van der Waals surface area contributed by atoms with Crippen molar-refractivity contribution >= 4 is 23.0 Å². The number of rotatable bonds is 3. The van der Waals surface area contributed by atoms with Crippen LogP contribution in [0, 0.1) is 0 Å². The van der Waals surface area contributed by atoms with Gasteiger partial charge in [0.2, 0.25) is 0 Å². The third-order valence-corrected chi connectivity index (χ3v) is 3.98. The van der Waals surface area contributed by atoms with Gasteiger partial charge in [-0.15, -0.1) is 11.3 Å². The van der Waals surface area contributed by atoms with E-state index < -0.39 is 11.7 Å². The van der Waals surface area contributed by atoms with Crippen molar-refractivity contribution in [2.45, 2.75) is 12.7 Å². The Morgan fingerprint density at radius 3 is 3.05 bits per heavy atom. The highest BCUT2D eigenvalue weighted by Crippen LogP contribution is 2.34. The molecule has 104 valence electrons. The summed E-state index contributed by atoms with van der Waals surface area (Å²) in [5, 5.41) is 6.76. The normalized spacial score (nSPS) is 24.8. The SMILES string of the molecule is CC1=CNC(c2cccs2)(N2C=CON2)N=C1C(N)=O. The molecule has 0 saturated heterocycles. The van der Waals surface area contributed by atoms with Crippen molar-refractivity contribution < 1.29 is 9.63 Å². The molecule has 0 aliphatic carbocycles. The quantitative estimate of drug-likeness (QED) is 0.755. The number of nitrogens with zero attached hydrogens (tertiary/aromatic N) is 2. The molecule has 8 heteroatoms. The fourth-order valence-corrected chi connectivity index (χ4v) is 2.87. The van der Waals surface area contributed by atoms with Crippen LogP contribution in [0.2, 0.25) is 0 Å². The number of nitrogens with two attached hydrogens (primary N) is 1. The number of aliphatic imine (C=N–C) groups is 1. The Morgan fingerprint density at radius 1 is 1.60 bits per heavy atom. The summed E-state index contributed by atoms with van der Waals surface area (Å²) in [7, 11) is 0. The van der Waals surface area contributed by atoms with Crippen molar-refractivity contribution in [1.29, 1.82) is 0 Å². The molecule has 0 radical (unpaired) electrons.